The molecule has 0 unspecified atom stereocenters. The summed E-state index contributed by atoms with van der Waals surface area (Å²) in [4.78, 5) is 23.2. The van der Waals surface area contributed by atoms with Crippen LogP contribution in [0, 0.1) is 19.8 Å². The molecule has 1 aliphatic rings. The number of thiazole rings is 2. The molecule has 0 bridgehead atoms. The first-order chi connectivity index (χ1) is 11.1. The SMILES string of the molecule is Cc1cnc(CNC(=O)c2sc(CC3CCNCC3)nc2C)s1. The fourth-order valence-corrected chi connectivity index (χ4v) is 4.62. The van der Waals surface area contributed by atoms with Crippen LogP contribution in [-0.2, 0) is 13.0 Å². The zero-order valence-corrected chi connectivity index (χ0v) is 15.1. The molecule has 5 nitrogen and oxygen atoms in total. The maximum absolute atomic E-state index is 12.4. The molecule has 1 saturated heterocycles. The molecule has 0 radical (unpaired) electrons. The van der Waals surface area contributed by atoms with E-state index in [-0.39, 0.29) is 5.91 Å². The number of hydrogen-bond donors (Lipinski definition) is 2. The van der Waals surface area contributed by atoms with Crippen molar-refractivity contribution < 1.29 is 4.79 Å². The molecule has 2 N–H and O–H groups in total. The van der Waals surface area contributed by atoms with Crippen molar-refractivity contribution in [2.45, 2.75) is 39.7 Å². The molecule has 0 aromatic carbocycles. The number of aryl methyl sites for hydroxylation is 2. The number of carbonyl (C=O) groups is 1. The highest BCUT2D eigenvalue weighted by Crippen LogP contribution is 2.24. The Morgan fingerprint density at radius 1 is 1.30 bits per heavy atom. The van der Waals surface area contributed by atoms with Gasteiger partial charge in [0, 0.05) is 17.5 Å². The molecule has 0 spiro atoms. The number of aromatic nitrogens is 2. The predicted molar refractivity (Wildman–Crippen MR) is 94.2 cm³/mol. The Balaban J connectivity index is 1.59. The number of nitrogens with zero attached hydrogens (tertiary/aromatic N) is 2. The normalized spacial score (nSPS) is 15.7. The first kappa shape index (κ1) is 16.5. The zero-order valence-electron chi connectivity index (χ0n) is 13.5. The third-order valence-electron chi connectivity index (χ3n) is 4.04. The topological polar surface area (TPSA) is 66.9 Å². The molecule has 1 aliphatic heterocycles. The monoisotopic (exact) mass is 350 g/mol. The van der Waals surface area contributed by atoms with Crippen molar-refractivity contribution in [2.24, 2.45) is 5.92 Å². The summed E-state index contributed by atoms with van der Waals surface area (Å²) in [5.74, 6) is 0.653. The molecule has 23 heavy (non-hydrogen) atoms. The molecule has 0 saturated carbocycles. The van der Waals surface area contributed by atoms with Gasteiger partial charge in [-0.15, -0.1) is 22.7 Å². The number of piperidine rings is 1. The van der Waals surface area contributed by atoms with Crippen LogP contribution in [0.2, 0.25) is 0 Å². The fraction of sp³-hybridized carbons (Fsp3) is 0.562. The fourth-order valence-electron chi connectivity index (χ4n) is 2.80. The van der Waals surface area contributed by atoms with Crippen molar-refractivity contribution >= 4 is 28.6 Å². The van der Waals surface area contributed by atoms with E-state index in [0.717, 1.165) is 45.0 Å². The molecule has 0 aliphatic carbocycles. The third kappa shape index (κ3) is 4.37. The average molecular weight is 351 g/mol. The van der Waals surface area contributed by atoms with Gasteiger partial charge in [0.05, 0.1) is 17.2 Å². The van der Waals surface area contributed by atoms with Gasteiger partial charge in [0.15, 0.2) is 0 Å². The van der Waals surface area contributed by atoms with Crippen LogP contribution >= 0.6 is 22.7 Å². The van der Waals surface area contributed by atoms with E-state index < -0.39 is 0 Å². The van der Waals surface area contributed by atoms with Gasteiger partial charge in [0.25, 0.3) is 5.91 Å². The van der Waals surface area contributed by atoms with Gasteiger partial charge in [0.2, 0.25) is 0 Å². The summed E-state index contributed by atoms with van der Waals surface area (Å²) in [6.07, 6.45) is 5.22. The highest BCUT2D eigenvalue weighted by molar-refractivity contribution is 7.13. The van der Waals surface area contributed by atoms with Crippen molar-refractivity contribution in [3.63, 3.8) is 0 Å². The largest absolute Gasteiger partial charge is 0.345 e. The number of nitrogens with one attached hydrogen (secondary N) is 2. The Morgan fingerprint density at radius 3 is 2.78 bits per heavy atom. The highest BCUT2D eigenvalue weighted by Gasteiger charge is 2.19. The lowest BCUT2D eigenvalue weighted by Crippen LogP contribution is -2.28. The Kier molecular flexibility index (Phi) is 5.40. The second-order valence-electron chi connectivity index (χ2n) is 5.97. The summed E-state index contributed by atoms with van der Waals surface area (Å²) in [5.41, 5.74) is 0.840. The maximum Gasteiger partial charge on any atom is 0.263 e. The number of hydrogen-bond acceptors (Lipinski definition) is 6. The van der Waals surface area contributed by atoms with Crippen molar-refractivity contribution in [1.29, 1.82) is 0 Å². The standard InChI is InChI=1S/C16H22N4OS2/c1-10-8-18-14(22-10)9-19-16(21)15-11(2)20-13(23-15)7-12-3-5-17-6-4-12/h8,12,17H,3-7,9H2,1-2H3,(H,19,21). The average Bonchev–Trinajstić information content (AvgIpc) is 3.12. The van der Waals surface area contributed by atoms with Crippen molar-refractivity contribution in [1.82, 2.24) is 20.6 Å². The van der Waals surface area contributed by atoms with Crippen LogP contribution in [-0.4, -0.2) is 29.0 Å². The number of rotatable bonds is 5. The molecule has 0 atom stereocenters. The summed E-state index contributed by atoms with van der Waals surface area (Å²) < 4.78 is 0. The predicted octanol–water partition coefficient (Wildman–Crippen LogP) is 2.69. The van der Waals surface area contributed by atoms with Gasteiger partial charge in [-0.2, -0.15) is 0 Å². The van der Waals surface area contributed by atoms with Crippen LogP contribution in [0.15, 0.2) is 6.20 Å². The lowest BCUT2D eigenvalue weighted by molar-refractivity contribution is 0.0954. The molecule has 7 heteroatoms. The van der Waals surface area contributed by atoms with E-state index in [0.29, 0.717) is 12.5 Å². The van der Waals surface area contributed by atoms with Gasteiger partial charge in [-0.3, -0.25) is 4.79 Å². The van der Waals surface area contributed by atoms with Crippen LogP contribution < -0.4 is 10.6 Å². The lowest BCUT2D eigenvalue weighted by Gasteiger charge is -2.21. The molecular formula is C16H22N4OS2. The Bertz CT molecular complexity index is 673. The van der Waals surface area contributed by atoms with E-state index in [1.807, 2.05) is 20.0 Å². The van der Waals surface area contributed by atoms with Crippen molar-refractivity contribution in [2.75, 3.05) is 13.1 Å². The van der Waals surface area contributed by atoms with E-state index in [2.05, 4.69) is 20.6 Å². The zero-order chi connectivity index (χ0) is 16.2. The quantitative estimate of drug-likeness (QED) is 0.870. The van der Waals surface area contributed by atoms with Crippen LogP contribution in [0.3, 0.4) is 0 Å². The van der Waals surface area contributed by atoms with E-state index >= 15 is 0 Å². The van der Waals surface area contributed by atoms with Crippen molar-refractivity contribution in [3.05, 3.63) is 31.7 Å². The van der Waals surface area contributed by atoms with Gasteiger partial charge in [-0.1, -0.05) is 0 Å². The van der Waals surface area contributed by atoms with Gasteiger partial charge < -0.3 is 10.6 Å². The minimum atomic E-state index is -0.0376. The number of amides is 1. The molecule has 3 heterocycles. The van der Waals surface area contributed by atoms with E-state index in [1.165, 1.54) is 12.8 Å². The lowest BCUT2D eigenvalue weighted by atomic mass is 9.95. The molecule has 2 aromatic rings. The van der Waals surface area contributed by atoms with Crippen LogP contribution in [0.4, 0.5) is 0 Å². The molecule has 1 amide bonds. The summed E-state index contributed by atoms with van der Waals surface area (Å²) >= 11 is 3.15. The minimum Gasteiger partial charge on any atom is -0.345 e. The first-order valence-corrected chi connectivity index (χ1v) is 9.61. The van der Waals surface area contributed by atoms with E-state index in [1.54, 1.807) is 22.7 Å². The molecular weight excluding hydrogens is 328 g/mol. The second-order valence-corrected chi connectivity index (χ2v) is 8.37. The summed E-state index contributed by atoms with van der Waals surface area (Å²) in [5, 5.41) is 8.36. The van der Waals surface area contributed by atoms with Crippen LogP contribution in [0.5, 0.6) is 0 Å². The first-order valence-electron chi connectivity index (χ1n) is 7.98. The second kappa shape index (κ2) is 7.51. The third-order valence-corrected chi connectivity index (χ3v) is 6.13. The maximum atomic E-state index is 12.4. The highest BCUT2D eigenvalue weighted by atomic mass is 32.1. The Hall–Kier alpha value is -1.31. The van der Waals surface area contributed by atoms with E-state index in [9.17, 15) is 4.79 Å². The van der Waals surface area contributed by atoms with Crippen molar-refractivity contribution in [3.8, 4) is 0 Å². The van der Waals surface area contributed by atoms with Gasteiger partial charge >= 0.3 is 0 Å². The molecule has 2 aromatic heterocycles. The summed E-state index contributed by atoms with van der Waals surface area (Å²) in [6, 6.07) is 0. The van der Waals surface area contributed by atoms with E-state index in [4.69, 9.17) is 0 Å². The minimum absolute atomic E-state index is 0.0376. The molecule has 1 fully saturated rings. The van der Waals surface area contributed by atoms with Gasteiger partial charge in [-0.25, -0.2) is 9.97 Å². The van der Waals surface area contributed by atoms with Gasteiger partial charge in [0.1, 0.15) is 9.88 Å². The van der Waals surface area contributed by atoms with Gasteiger partial charge in [-0.05, 0) is 45.7 Å². The van der Waals surface area contributed by atoms with Crippen LogP contribution in [0.1, 0.15) is 43.1 Å². The smallest absolute Gasteiger partial charge is 0.263 e. The Labute approximate surface area is 144 Å². The Morgan fingerprint density at radius 2 is 2.09 bits per heavy atom. The number of carbonyl (C=O) groups excluding carboxylic acids is 1. The summed E-state index contributed by atoms with van der Waals surface area (Å²) in [6.45, 7) is 6.61. The molecule has 124 valence electrons. The molecule has 3 rings (SSSR count). The van der Waals surface area contributed by atoms with Crippen LogP contribution in [0.25, 0.3) is 0 Å². The summed E-state index contributed by atoms with van der Waals surface area (Å²) in [7, 11) is 0.